The van der Waals surface area contributed by atoms with Gasteiger partial charge in [0.1, 0.15) is 18.1 Å². The fourth-order valence-corrected chi connectivity index (χ4v) is 4.08. The predicted molar refractivity (Wildman–Crippen MR) is 153 cm³/mol. The van der Waals surface area contributed by atoms with Crippen LogP contribution in [0.3, 0.4) is 0 Å². The third kappa shape index (κ3) is 13.8. The first kappa shape index (κ1) is 34.2. The van der Waals surface area contributed by atoms with Gasteiger partial charge < -0.3 is 44.0 Å². The molecule has 0 aliphatic rings. The number of guanidine groups is 1. The van der Waals surface area contributed by atoms with E-state index in [1.807, 2.05) is 36.6 Å². The van der Waals surface area contributed by atoms with Crippen LogP contribution >= 0.6 is 11.8 Å². The van der Waals surface area contributed by atoms with E-state index in [0.717, 1.165) is 5.56 Å². The minimum atomic E-state index is -1.40. The van der Waals surface area contributed by atoms with E-state index in [1.54, 1.807) is 0 Å². The maximum Gasteiger partial charge on any atom is 0.326 e. The van der Waals surface area contributed by atoms with Crippen LogP contribution in [0.15, 0.2) is 35.3 Å². The number of hydrogen-bond acceptors (Lipinski definition) is 8. The lowest BCUT2D eigenvalue weighted by Gasteiger charge is -2.25. The van der Waals surface area contributed by atoms with Crippen molar-refractivity contribution in [3.05, 3.63) is 35.9 Å². The molecule has 1 rings (SSSR count). The first-order valence-electron chi connectivity index (χ1n) is 12.7. The fraction of sp³-hybridized carbons (Fsp3) is 0.520. The van der Waals surface area contributed by atoms with Crippen molar-refractivity contribution in [3.8, 4) is 0 Å². The molecule has 15 heteroatoms. The minimum Gasteiger partial charge on any atom is -0.480 e. The highest BCUT2D eigenvalue weighted by atomic mass is 32.2. The Morgan fingerprint density at radius 2 is 1.45 bits per heavy atom. The number of carbonyl (C=O) groups excluding carboxylic acids is 4. The summed E-state index contributed by atoms with van der Waals surface area (Å²) in [4.78, 5) is 65.7. The summed E-state index contributed by atoms with van der Waals surface area (Å²) < 4.78 is 0. The molecule has 0 radical (unpaired) electrons. The van der Waals surface area contributed by atoms with Gasteiger partial charge in [-0.05, 0) is 49.7 Å². The van der Waals surface area contributed by atoms with Crippen molar-refractivity contribution in [1.29, 1.82) is 0 Å². The van der Waals surface area contributed by atoms with E-state index in [2.05, 4.69) is 20.9 Å². The molecular weight excluding hydrogens is 540 g/mol. The van der Waals surface area contributed by atoms with Crippen LogP contribution in [-0.2, 0) is 30.4 Å². The second-order valence-electron chi connectivity index (χ2n) is 9.05. The van der Waals surface area contributed by atoms with Gasteiger partial charge in [-0.1, -0.05) is 30.3 Å². The Balaban J connectivity index is 3.01. The third-order valence-corrected chi connectivity index (χ3v) is 6.40. The molecule has 12 N–H and O–H groups in total. The van der Waals surface area contributed by atoms with Gasteiger partial charge in [-0.15, -0.1) is 0 Å². The number of carbonyl (C=O) groups is 5. The molecule has 1 aromatic carbocycles. The molecule has 0 heterocycles. The first-order valence-corrected chi connectivity index (χ1v) is 14.1. The Hall–Kier alpha value is -3.85. The highest BCUT2D eigenvalue weighted by molar-refractivity contribution is 7.98. The summed E-state index contributed by atoms with van der Waals surface area (Å²) >= 11 is 1.47. The molecule has 0 bridgehead atoms. The molecule has 40 heavy (non-hydrogen) atoms. The molecule has 0 fully saturated rings. The number of hydrogen-bond donors (Lipinski definition) is 8. The summed E-state index contributed by atoms with van der Waals surface area (Å²) in [5.41, 5.74) is 22.7. The molecule has 4 amide bonds. The molecule has 222 valence electrons. The Labute approximate surface area is 237 Å². The standard InChI is InChI=1S/C25H40N8O6S/c1-40-13-11-18(31-21(35)16(26)14-15-6-3-2-4-7-15)23(37)32-17(8-5-12-30-25(28)29)22(36)33-19(24(38)39)9-10-20(27)34/h2-4,6-7,16-19H,5,8-14,26H2,1H3,(H2,27,34)(H,31,35)(H,32,37)(H,33,36)(H,38,39)(H4,28,29,30). The normalized spacial score (nSPS) is 13.7. The molecule has 0 aliphatic carbocycles. The first-order chi connectivity index (χ1) is 18.9. The average Bonchev–Trinajstić information content (AvgIpc) is 2.90. The Kier molecular flexibility index (Phi) is 15.8. The maximum absolute atomic E-state index is 13.3. The van der Waals surface area contributed by atoms with E-state index >= 15 is 0 Å². The number of aliphatic imine (C=N–C) groups is 1. The van der Waals surface area contributed by atoms with Gasteiger partial charge in [0.2, 0.25) is 23.6 Å². The van der Waals surface area contributed by atoms with Crippen LogP contribution in [0.2, 0.25) is 0 Å². The zero-order valence-electron chi connectivity index (χ0n) is 22.5. The Morgan fingerprint density at radius 1 is 0.875 bits per heavy atom. The molecule has 0 aliphatic heterocycles. The van der Waals surface area contributed by atoms with Crippen molar-refractivity contribution in [1.82, 2.24) is 16.0 Å². The van der Waals surface area contributed by atoms with Crippen LogP contribution in [0, 0.1) is 0 Å². The largest absolute Gasteiger partial charge is 0.480 e. The molecule has 0 saturated heterocycles. The van der Waals surface area contributed by atoms with E-state index in [1.165, 1.54) is 11.8 Å². The summed E-state index contributed by atoms with van der Waals surface area (Å²) in [5, 5.41) is 17.1. The third-order valence-electron chi connectivity index (χ3n) is 5.75. The number of thioether (sulfide) groups is 1. The highest BCUT2D eigenvalue weighted by Crippen LogP contribution is 2.08. The van der Waals surface area contributed by atoms with Gasteiger partial charge in [0.05, 0.1) is 6.04 Å². The van der Waals surface area contributed by atoms with Gasteiger partial charge in [0, 0.05) is 13.0 Å². The Bertz CT molecular complexity index is 1020. The van der Waals surface area contributed by atoms with Crippen molar-refractivity contribution < 1.29 is 29.1 Å². The highest BCUT2D eigenvalue weighted by Gasteiger charge is 2.30. The number of nitrogens with one attached hydrogen (secondary N) is 3. The Morgan fingerprint density at radius 3 is 2.00 bits per heavy atom. The number of amides is 4. The van der Waals surface area contributed by atoms with E-state index in [-0.39, 0.29) is 51.0 Å². The maximum atomic E-state index is 13.3. The number of carboxylic acids is 1. The van der Waals surface area contributed by atoms with E-state index in [0.29, 0.717) is 5.75 Å². The smallest absolute Gasteiger partial charge is 0.326 e. The van der Waals surface area contributed by atoms with Crippen molar-refractivity contribution in [2.24, 2.45) is 27.9 Å². The van der Waals surface area contributed by atoms with Crippen LogP contribution in [0.25, 0.3) is 0 Å². The number of carboxylic acid groups (broad SMARTS) is 1. The molecule has 4 atom stereocenters. The van der Waals surface area contributed by atoms with Gasteiger partial charge in [0.25, 0.3) is 0 Å². The monoisotopic (exact) mass is 580 g/mol. The molecular formula is C25H40N8O6S. The van der Waals surface area contributed by atoms with Crippen LogP contribution < -0.4 is 38.9 Å². The van der Waals surface area contributed by atoms with Crippen LogP contribution in [0.1, 0.15) is 37.7 Å². The summed E-state index contributed by atoms with van der Waals surface area (Å²) in [5.74, 6) is -3.66. The van der Waals surface area contributed by atoms with Crippen molar-refractivity contribution in [2.75, 3.05) is 18.6 Å². The molecule has 0 spiro atoms. The fourth-order valence-electron chi connectivity index (χ4n) is 3.60. The predicted octanol–water partition coefficient (Wildman–Crippen LogP) is -1.83. The number of aliphatic carboxylic acids is 1. The molecule has 1 aromatic rings. The van der Waals surface area contributed by atoms with Crippen LogP contribution in [0.4, 0.5) is 0 Å². The zero-order valence-corrected chi connectivity index (χ0v) is 23.3. The molecule has 14 nitrogen and oxygen atoms in total. The number of nitrogens with two attached hydrogens (primary N) is 4. The zero-order chi connectivity index (χ0) is 30.1. The van der Waals surface area contributed by atoms with E-state index < -0.39 is 53.8 Å². The lowest BCUT2D eigenvalue weighted by atomic mass is 10.0. The number of benzene rings is 1. The van der Waals surface area contributed by atoms with Crippen molar-refractivity contribution in [2.45, 2.75) is 62.7 Å². The summed E-state index contributed by atoms with van der Waals surface area (Å²) in [7, 11) is 0. The molecule has 4 unspecified atom stereocenters. The van der Waals surface area contributed by atoms with Gasteiger partial charge in [-0.3, -0.25) is 24.2 Å². The topological polar surface area (TPSA) is 258 Å². The minimum absolute atomic E-state index is 0.0627. The average molecular weight is 581 g/mol. The number of primary amides is 1. The van der Waals surface area contributed by atoms with Crippen LogP contribution in [-0.4, -0.2) is 83.4 Å². The summed E-state index contributed by atoms with van der Waals surface area (Å²) in [6.07, 6.45) is 2.22. The second-order valence-corrected chi connectivity index (χ2v) is 10.0. The van der Waals surface area contributed by atoms with Crippen molar-refractivity contribution >= 4 is 47.3 Å². The van der Waals surface area contributed by atoms with Gasteiger partial charge in [-0.25, -0.2) is 4.79 Å². The van der Waals surface area contributed by atoms with Gasteiger partial charge in [-0.2, -0.15) is 11.8 Å². The van der Waals surface area contributed by atoms with Gasteiger partial charge in [0.15, 0.2) is 5.96 Å². The second kappa shape index (κ2) is 18.4. The molecule has 0 saturated carbocycles. The molecule has 0 aromatic heterocycles. The lowest BCUT2D eigenvalue weighted by molar-refractivity contribution is -0.142. The van der Waals surface area contributed by atoms with E-state index in [4.69, 9.17) is 22.9 Å². The van der Waals surface area contributed by atoms with E-state index in [9.17, 15) is 29.1 Å². The number of nitrogens with zero attached hydrogens (tertiary/aromatic N) is 1. The van der Waals surface area contributed by atoms with Crippen molar-refractivity contribution in [3.63, 3.8) is 0 Å². The summed E-state index contributed by atoms with van der Waals surface area (Å²) in [6.45, 7) is 0.160. The quantitative estimate of drug-likeness (QED) is 0.0515. The SMILES string of the molecule is CSCCC(NC(=O)C(N)Cc1ccccc1)C(=O)NC(CCCN=C(N)N)C(=O)NC(CCC(N)=O)C(=O)O. The lowest BCUT2D eigenvalue weighted by Crippen LogP contribution is -2.57. The number of rotatable bonds is 19. The van der Waals surface area contributed by atoms with Gasteiger partial charge >= 0.3 is 5.97 Å². The van der Waals surface area contributed by atoms with Crippen LogP contribution in [0.5, 0.6) is 0 Å². The summed E-state index contributed by atoms with van der Waals surface area (Å²) in [6, 6.07) is 4.69.